The first kappa shape index (κ1) is 14.5. The second-order valence-electron chi connectivity index (χ2n) is 5.36. The third-order valence-corrected chi connectivity index (χ3v) is 3.29. The highest BCUT2D eigenvalue weighted by Crippen LogP contribution is 2.12. The Morgan fingerprint density at radius 2 is 1.82 bits per heavy atom. The molecule has 0 aromatic rings. The van der Waals surface area contributed by atoms with Crippen LogP contribution in [0.3, 0.4) is 0 Å². The molecule has 0 spiro atoms. The Morgan fingerprint density at radius 1 is 1.24 bits per heavy atom. The van der Waals surface area contributed by atoms with Crippen molar-refractivity contribution < 1.29 is 9.53 Å². The van der Waals surface area contributed by atoms with Crippen molar-refractivity contribution in [1.29, 1.82) is 0 Å². The van der Waals surface area contributed by atoms with Gasteiger partial charge in [-0.15, -0.1) is 0 Å². The number of carbonyl (C=O) groups excluding carboxylic acids is 1. The molecule has 17 heavy (non-hydrogen) atoms. The molecule has 1 unspecified atom stereocenters. The normalized spacial score (nSPS) is 19.6. The van der Waals surface area contributed by atoms with Crippen LogP contribution in [0.25, 0.3) is 0 Å². The molecule has 0 radical (unpaired) electrons. The molecule has 1 heterocycles. The topological polar surface area (TPSA) is 41.6 Å². The minimum Gasteiger partial charge on any atom is -0.379 e. The number of ether oxygens (including phenoxy) is 1. The van der Waals surface area contributed by atoms with E-state index in [2.05, 4.69) is 24.1 Å². The van der Waals surface area contributed by atoms with E-state index in [1.165, 1.54) is 0 Å². The van der Waals surface area contributed by atoms with Gasteiger partial charge in [-0.1, -0.05) is 27.7 Å². The predicted octanol–water partition coefficient (Wildman–Crippen LogP) is 1.12. The highest BCUT2D eigenvalue weighted by Gasteiger charge is 2.24. The lowest BCUT2D eigenvalue weighted by Gasteiger charge is -2.37. The largest absolute Gasteiger partial charge is 0.379 e. The Bertz CT molecular complexity index is 236. The Labute approximate surface area is 105 Å². The maximum atomic E-state index is 11.6. The molecule has 4 heteroatoms. The van der Waals surface area contributed by atoms with E-state index in [0.29, 0.717) is 12.0 Å². The first-order valence-corrected chi connectivity index (χ1v) is 6.62. The maximum Gasteiger partial charge on any atom is 0.222 e. The highest BCUT2D eigenvalue weighted by molar-refractivity contribution is 5.77. The summed E-state index contributed by atoms with van der Waals surface area (Å²) in [5.74, 6) is 0.747. The number of nitrogens with one attached hydrogen (secondary N) is 1. The highest BCUT2D eigenvalue weighted by atomic mass is 16.5. The van der Waals surface area contributed by atoms with E-state index in [9.17, 15) is 4.79 Å². The van der Waals surface area contributed by atoms with Crippen LogP contribution in [0.4, 0.5) is 0 Å². The molecule has 1 saturated heterocycles. The molecule has 1 fully saturated rings. The van der Waals surface area contributed by atoms with E-state index in [-0.39, 0.29) is 11.8 Å². The zero-order chi connectivity index (χ0) is 12.8. The quantitative estimate of drug-likeness (QED) is 0.785. The monoisotopic (exact) mass is 242 g/mol. The van der Waals surface area contributed by atoms with Gasteiger partial charge in [-0.25, -0.2) is 0 Å². The van der Waals surface area contributed by atoms with Gasteiger partial charge in [-0.3, -0.25) is 9.69 Å². The van der Waals surface area contributed by atoms with Crippen molar-refractivity contribution in [2.75, 3.05) is 32.8 Å². The molecular weight excluding hydrogens is 216 g/mol. The van der Waals surface area contributed by atoms with E-state index in [1.54, 1.807) is 0 Å². The molecule has 0 aromatic heterocycles. The number of rotatable bonds is 5. The molecule has 0 saturated carbocycles. The first-order chi connectivity index (χ1) is 8.02. The molecule has 0 aliphatic carbocycles. The lowest BCUT2D eigenvalue weighted by molar-refractivity contribution is -0.124. The third-order valence-electron chi connectivity index (χ3n) is 3.29. The van der Waals surface area contributed by atoms with Gasteiger partial charge in [0.2, 0.25) is 5.91 Å². The second-order valence-corrected chi connectivity index (χ2v) is 5.36. The van der Waals surface area contributed by atoms with Gasteiger partial charge in [0.1, 0.15) is 0 Å². The number of nitrogens with zero attached hydrogens (tertiary/aromatic N) is 1. The van der Waals surface area contributed by atoms with Crippen LogP contribution in [0.15, 0.2) is 0 Å². The lowest BCUT2D eigenvalue weighted by Crippen LogP contribution is -2.51. The van der Waals surface area contributed by atoms with Crippen molar-refractivity contribution in [3.8, 4) is 0 Å². The van der Waals surface area contributed by atoms with Crippen LogP contribution in [-0.4, -0.2) is 49.7 Å². The average Bonchev–Trinajstić information content (AvgIpc) is 2.29. The predicted molar refractivity (Wildman–Crippen MR) is 68.9 cm³/mol. The fourth-order valence-corrected chi connectivity index (χ4v) is 2.10. The summed E-state index contributed by atoms with van der Waals surface area (Å²) in [4.78, 5) is 14.0. The smallest absolute Gasteiger partial charge is 0.222 e. The molecular formula is C13H26N2O2. The summed E-state index contributed by atoms with van der Waals surface area (Å²) < 4.78 is 5.36. The number of hydrogen-bond acceptors (Lipinski definition) is 3. The van der Waals surface area contributed by atoms with Crippen molar-refractivity contribution >= 4 is 5.91 Å². The summed E-state index contributed by atoms with van der Waals surface area (Å²) in [5, 5.41) is 3.04. The van der Waals surface area contributed by atoms with Gasteiger partial charge in [0.05, 0.1) is 13.2 Å². The number of hydrogen-bond donors (Lipinski definition) is 1. The molecule has 1 atom stereocenters. The molecule has 1 aliphatic rings. The van der Waals surface area contributed by atoms with Crippen LogP contribution < -0.4 is 5.32 Å². The summed E-state index contributed by atoms with van der Waals surface area (Å²) in [6, 6.07) is 0.418. The van der Waals surface area contributed by atoms with Crippen LogP contribution in [0.5, 0.6) is 0 Å². The van der Waals surface area contributed by atoms with Crippen molar-refractivity contribution in [1.82, 2.24) is 10.2 Å². The summed E-state index contributed by atoms with van der Waals surface area (Å²) in [7, 11) is 0. The van der Waals surface area contributed by atoms with Crippen molar-refractivity contribution in [3.05, 3.63) is 0 Å². The molecule has 4 nitrogen and oxygen atoms in total. The Morgan fingerprint density at radius 3 is 2.29 bits per heavy atom. The maximum absolute atomic E-state index is 11.6. The summed E-state index contributed by atoms with van der Waals surface area (Å²) in [5.41, 5.74) is 0. The van der Waals surface area contributed by atoms with Gasteiger partial charge in [-0.05, 0) is 5.92 Å². The van der Waals surface area contributed by atoms with Gasteiger partial charge in [0.15, 0.2) is 0 Å². The SMILES string of the molecule is CC(C)C(=O)NCC(C(C)C)N1CCOCC1. The van der Waals surface area contributed by atoms with Crippen LogP contribution in [0.1, 0.15) is 27.7 Å². The van der Waals surface area contributed by atoms with Crippen molar-refractivity contribution in [2.24, 2.45) is 11.8 Å². The summed E-state index contributed by atoms with van der Waals surface area (Å²) >= 11 is 0. The third kappa shape index (κ3) is 4.64. The molecule has 1 aliphatic heterocycles. The van der Waals surface area contributed by atoms with E-state index in [0.717, 1.165) is 32.8 Å². The van der Waals surface area contributed by atoms with Gasteiger partial charge in [-0.2, -0.15) is 0 Å². The van der Waals surface area contributed by atoms with E-state index >= 15 is 0 Å². The van der Waals surface area contributed by atoms with Crippen LogP contribution >= 0.6 is 0 Å². The number of carbonyl (C=O) groups is 1. The average molecular weight is 242 g/mol. The van der Waals surface area contributed by atoms with Crippen LogP contribution in [-0.2, 0) is 9.53 Å². The molecule has 1 rings (SSSR count). The van der Waals surface area contributed by atoms with Gasteiger partial charge >= 0.3 is 0 Å². The molecule has 0 aromatic carbocycles. The number of amides is 1. The van der Waals surface area contributed by atoms with Crippen LogP contribution in [0, 0.1) is 11.8 Å². The van der Waals surface area contributed by atoms with Crippen molar-refractivity contribution in [2.45, 2.75) is 33.7 Å². The summed E-state index contributed by atoms with van der Waals surface area (Å²) in [6.45, 7) is 12.6. The Hall–Kier alpha value is -0.610. The first-order valence-electron chi connectivity index (χ1n) is 6.62. The Kier molecular flexibility index (Phi) is 5.92. The van der Waals surface area contributed by atoms with E-state index in [1.807, 2.05) is 13.8 Å². The summed E-state index contributed by atoms with van der Waals surface area (Å²) in [6.07, 6.45) is 0. The Balaban J connectivity index is 2.45. The van der Waals surface area contributed by atoms with E-state index < -0.39 is 0 Å². The second kappa shape index (κ2) is 6.97. The van der Waals surface area contributed by atoms with Gasteiger partial charge < -0.3 is 10.1 Å². The molecule has 0 bridgehead atoms. The molecule has 1 amide bonds. The van der Waals surface area contributed by atoms with Crippen LogP contribution in [0.2, 0.25) is 0 Å². The molecule has 100 valence electrons. The molecule has 1 N–H and O–H groups in total. The fraction of sp³-hybridized carbons (Fsp3) is 0.923. The van der Waals surface area contributed by atoms with Crippen molar-refractivity contribution in [3.63, 3.8) is 0 Å². The lowest BCUT2D eigenvalue weighted by atomic mass is 10.0. The zero-order valence-electron chi connectivity index (χ0n) is 11.5. The number of morpholine rings is 1. The minimum absolute atomic E-state index is 0.0625. The minimum atomic E-state index is 0.0625. The fourth-order valence-electron chi connectivity index (χ4n) is 2.10. The standard InChI is InChI=1S/C13H26N2O2/c1-10(2)12(9-14-13(16)11(3)4)15-5-7-17-8-6-15/h10-12H,5-9H2,1-4H3,(H,14,16). The van der Waals surface area contributed by atoms with Gasteiger partial charge in [0, 0.05) is 31.6 Å². The zero-order valence-corrected chi connectivity index (χ0v) is 11.5. The van der Waals surface area contributed by atoms with E-state index in [4.69, 9.17) is 4.74 Å². The van der Waals surface area contributed by atoms with Gasteiger partial charge in [0.25, 0.3) is 0 Å².